The Labute approximate surface area is 180 Å². The number of hydrogen-bond acceptors (Lipinski definition) is 7. The molecule has 7 N–H and O–H groups in total. The summed E-state index contributed by atoms with van der Waals surface area (Å²) in [7, 11) is 1.68. The highest BCUT2D eigenvalue weighted by Gasteiger charge is 2.27. The first-order valence-corrected chi connectivity index (χ1v) is 9.99. The number of nitrogens with zero attached hydrogens (tertiary/aromatic N) is 1. The van der Waals surface area contributed by atoms with E-state index in [2.05, 4.69) is 16.0 Å². The third-order valence-corrected chi connectivity index (χ3v) is 5.27. The van der Waals surface area contributed by atoms with E-state index in [1.165, 1.54) is 19.1 Å². The Bertz CT molecular complexity index is 953. The van der Waals surface area contributed by atoms with Crippen molar-refractivity contribution in [3.63, 3.8) is 0 Å². The summed E-state index contributed by atoms with van der Waals surface area (Å²) in [4.78, 5) is 13.5. The summed E-state index contributed by atoms with van der Waals surface area (Å²) in [6.07, 6.45) is 3.22. The van der Waals surface area contributed by atoms with Gasteiger partial charge in [0, 0.05) is 67.4 Å². The Morgan fingerprint density at radius 3 is 2.71 bits per heavy atom. The number of benzene rings is 1. The molecule has 166 valence electrons. The highest BCUT2D eigenvalue weighted by Crippen LogP contribution is 2.28. The molecule has 1 saturated heterocycles. The van der Waals surface area contributed by atoms with E-state index in [0.717, 1.165) is 11.9 Å². The Morgan fingerprint density at radius 1 is 1.39 bits per heavy atom. The Balaban J connectivity index is 1.86. The molecule has 0 aromatic heterocycles. The largest absolute Gasteiger partial charge is 0.398 e. The van der Waals surface area contributed by atoms with Crippen molar-refractivity contribution in [1.29, 1.82) is 10.8 Å². The molecule has 1 aromatic rings. The standard InChI is InChI=1S/C21H28FN7O2/c1-12(30)29-4-3-19(27-14-10-31-11-14)16(9-29)21(25)28-20-6-18(24)15(5-17(20)22)13(7-23)8-26-2/h5-8,14,23,26-27H,3-4,9-11,24H2,1-2H3,(H2,25,28)/b13-8+,23-7?. The van der Waals surface area contributed by atoms with Crippen LogP contribution in [-0.4, -0.2) is 62.3 Å². The molecule has 10 heteroatoms. The highest BCUT2D eigenvalue weighted by molar-refractivity contribution is 6.11. The van der Waals surface area contributed by atoms with Gasteiger partial charge in [0.1, 0.15) is 11.7 Å². The first-order valence-electron chi connectivity index (χ1n) is 9.99. The second-order valence-corrected chi connectivity index (χ2v) is 7.48. The maximum absolute atomic E-state index is 14.8. The molecule has 2 aliphatic rings. The molecule has 0 unspecified atom stereocenters. The van der Waals surface area contributed by atoms with Gasteiger partial charge >= 0.3 is 0 Å². The van der Waals surface area contributed by atoms with E-state index in [9.17, 15) is 9.18 Å². The lowest BCUT2D eigenvalue weighted by Gasteiger charge is -2.35. The molecule has 2 aliphatic heterocycles. The number of hydrogen-bond donors (Lipinski definition) is 6. The van der Waals surface area contributed by atoms with Crippen molar-refractivity contribution in [3.05, 3.63) is 41.0 Å². The van der Waals surface area contributed by atoms with Crippen LogP contribution in [0.4, 0.5) is 15.8 Å². The average Bonchev–Trinajstić information content (AvgIpc) is 2.71. The van der Waals surface area contributed by atoms with Crippen LogP contribution in [0.1, 0.15) is 18.9 Å². The molecule has 1 fully saturated rings. The quantitative estimate of drug-likeness (QED) is 0.221. The minimum absolute atomic E-state index is 0.00205. The van der Waals surface area contributed by atoms with Gasteiger partial charge in [0.2, 0.25) is 5.91 Å². The first-order chi connectivity index (χ1) is 14.8. The van der Waals surface area contributed by atoms with Gasteiger partial charge in [0.05, 0.1) is 31.5 Å². The molecule has 0 spiro atoms. The molecule has 0 aliphatic carbocycles. The molecule has 31 heavy (non-hydrogen) atoms. The van der Waals surface area contributed by atoms with Gasteiger partial charge in [-0.2, -0.15) is 0 Å². The zero-order chi connectivity index (χ0) is 22.5. The second kappa shape index (κ2) is 9.61. The summed E-state index contributed by atoms with van der Waals surface area (Å²) < 4.78 is 20.0. The van der Waals surface area contributed by atoms with Crippen LogP contribution in [0.25, 0.3) is 5.57 Å². The lowest BCUT2D eigenvalue weighted by Crippen LogP contribution is -2.49. The normalized spacial score (nSPS) is 17.1. The zero-order valence-electron chi connectivity index (χ0n) is 17.6. The maximum Gasteiger partial charge on any atom is 0.219 e. The number of nitrogen functional groups attached to an aromatic ring is 1. The predicted molar refractivity (Wildman–Crippen MR) is 120 cm³/mol. The van der Waals surface area contributed by atoms with E-state index < -0.39 is 5.82 Å². The van der Waals surface area contributed by atoms with Crippen LogP contribution in [-0.2, 0) is 9.53 Å². The highest BCUT2D eigenvalue weighted by atomic mass is 19.1. The minimum Gasteiger partial charge on any atom is -0.398 e. The molecule has 1 amide bonds. The van der Waals surface area contributed by atoms with Crippen molar-refractivity contribution in [2.45, 2.75) is 19.4 Å². The molecule has 0 bridgehead atoms. The fourth-order valence-corrected chi connectivity index (χ4v) is 3.49. The lowest BCUT2D eigenvalue weighted by molar-refractivity contribution is -0.128. The van der Waals surface area contributed by atoms with Gasteiger partial charge in [0.15, 0.2) is 0 Å². The van der Waals surface area contributed by atoms with E-state index >= 15 is 0 Å². The Hall–Kier alpha value is -3.40. The summed E-state index contributed by atoms with van der Waals surface area (Å²) >= 11 is 0. The van der Waals surface area contributed by atoms with Crippen molar-refractivity contribution in [1.82, 2.24) is 15.5 Å². The van der Waals surface area contributed by atoms with Crippen LogP contribution in [0, 0.1) is 16.6 Å². The molecular formula is C21H28FN7O2. The number of ether oxygens (including phenoxy) is 1. The van der Waals surface area contributed by atoms with Crippen molar-refractivity contribution in [3.8, 4) is 0 Å². The van der Waals surface area contributed by atoms with Gasteiger partial charge in [-0.15, -0.1) is 0 Å². The van der Waals surface area contributed by atoms with E-state index in [-0.39, 0.29) is 35.7 Å². The number of carbonyl (C=O) groups is 1. The smallest absolute Gasteiger partial charge is 0.219 e. The van der Waals surface area contributed by atoms with E-state index in [1.807, 2.05) is 0 Å². The van der Waals surface area contributed by atoms with Crippen molar-refractivity contribution in [2.75, 3.05) is 44.4 Å². The van der Waals surface area contributed by atoms with Crippen LogP contribution >= 0.6 is 0 Å². The maximum atomic E-state index is 14.8. The third-order valence-electron chi connectivity index (χ3n) is 5.27. The number of anilines is 2. The molecule has 0 atom stereocenters. The molecule has 9 nitrogen and oxygen atoms in total. The van der Waals surface area contributed by atoms with Gasteiger partial charge < -0.3 is 36.7 Å². The number of nitrogens with two attached hydrogens (primary N) is 1. The monoisotopic (exact) mass is 429 g/mol. The molecular weight excluding hydrogens is 401 g/mol. The van der Waals surface area contributed by atoms with E-state index in [4.69, 9.17) is 21.3 Å². The number of carbonyl (C=O) groups excluding carboxylic acids is 1. The van der Waals surface area contributed by atoms with Gasteiger partial charge in [-0.1, -0.05) is 0 Å². The van der Waals surface area contributed by atoms with Crippen LogP contribution in [0.2, 0.25) is 0 Å². The molecule has 1 aromatic carbocycles. The number of amides is 1. The summed E-state index contributed by atoms with van der Waals surface area (Å²) in [5, 5.41) is 25.1. The second-order valence-electron chi connectivity index (χ2n) is 7.48. The number of amidine groups is 1. The van der Waals surface area contributed by atoms with E-state index in [0.29, 0.717) is 42.9 Å². The van der Waals surface area contributed by atoms with Crippen LogP contribution in [0.5, 0.6) is 0 Å². The van der Waals surface area contributed by atoms with Crippen LogP contribution in [0.15, 0.2) is 29.6 Å². The molecule has 2 heterocycles. The van der Waals surface area contributed by atoms with Gasteiger partial charge in [0.25, 0.3) is 0 Å². The number of rotatable bonds is 7. The average molecular weight is 430 g/mol. The molecule has 0 saturated carbocycles. The first kappa shape index (κ1) is 22.3. The summed E-state index contributed by atoms with van der Waals surface area (Å²) in [6.45, 7) is 3.50. The van der Waals surface area contributed by atoms with E-state index in [1.54, 1.807) is 18.1 Å². The van der Waals surface area contributed by atoms with Crippen LogP contribution in [0.3, 0.4) is 0 Å². The number of halogens is 1. The summed E-state index contributed by atoms with van der Waals surface area (Å²) in [6, 6.07) is 2.82. The van der Waals surface area contributed by atoms with Crippen molar-refractivity contribution >= 4 is 34.9 Å². The zero-order valence-corrected chi connectivity index (χ0v) is 17.6. The van der Waals surface area contributed by atoms with Crippen LogP contribution < -0.4 is 21.7 Å². The summed E-state index contributed by atoms with van der Waals surface area (Å²) in [5.41, 5.74) is 8.69. The topological polar surface area (TPSA) is 139 Å². The van der Waals surface area contributed by atoms with Gasteiger partial charge in [-0.3, -0.25) is 10.2 Å². The Morgan fingerprint density at radius 2 is 2.13 bits per heavy atom. The summed E-state index contributed by atoms with van der Waals surface area (Å²) in [5.74, 6) is -0.677. The van der Waals surface area contributed by atoms with Crippen molar-refractivity contribution in [2.24, 2.45) is 0 Å². The number of nitrogens with one attached hydrogen (secondary N) is 5. The molecule has 3 rings (SSSR count). The van der Waals surface area contributed by atoms with Gasteiger partial charge in [-0.05, 0) is 12.1 Å². The lowest BCUT2D eigenvalue weighted by atomic mass is 10.0. The molecule has 0 radical (unpaired) electrons. The SMILES string of the molecule is CN/C=C(\C=N)c1cc(F)c(NC(=N)C2=C(NC3COC3)CCN(C(C)=O)C2)cc1N. The predicted octanol–water partition coefficient (Wildman–Crippen LogP) is 1.50. The van der Waals surface area contributed by atoms with Gasteiger partial charge in [-0.25, -0.2) is 4.39 Å². The Kier molecular flexibility index (Phi) is 6.91. The fourth-order valence-electron chi connectivity index (χ4n) is 3.49. The fraction of sp³-hybridized carbons (Fsp3) is 0.381. The number of allylic oxidation sites excluding steroid dienone is 1. The minimum atomic E-state index is -0.598. The third kappa shape index (κ3) is 5.02. The van der Waals surface area contributed by atoms with Crippen molar-refractivity contribution < 1.29 is 13.9 Å².